The second-order valence-corrected chi connectivity index (χ2v) is 7.01. The second kappa shape index (κ2) is 6.23. The van der Waals surface area contributed by atoms with Crippen LogP contribution in [0.4, 0.5) is 0 Å². The van der Waals surface area contributed by atoms with Gasteiger partial charge < -0.3 is 5.32 Å². The second-order valence-electron chi connectivity index (χ2n) is 7.01. The molecule has 0 heterocycles. The summed E-state index contributed by atoms with van der Waals surface area (Å²) < 4.78 is 0. The van der Waals surface area contributed by atoms with Crippen molar-refractivity contribution in [1.29, 1.82) is 0 Å². The fraction of sp³-hybridized carbons (Fsp3) is 0.882. The largest absolute Gasteiger partial charge is 0.314 e. The minimum atomic E-state index is 0.501. The highest BCUT2D eigenvalue weighted by molar-refractivity contribution is 5.16. The molecule has 1 aliphatic carbocycles. The van der Waals surface area contributed by atoms with Crippen LogP contribution >= 0.6 is 0 Å². The van der Waals surface area contributed by atoms with E-state index in [1.807, 2.05) is 6.08 Å². The zero-order valence-corrected chi connectivity index (χ0v) is 13.2. The van der Waals surface area contributed by atoms with Crippen LogP contribution in [-0.2, 0) is 0 Å². The summed E-state index contributed by atoms with van der Waals surface area (Å²) >= 11 is 0. The zero-order chi connectivity index (χ0) is 13.8. The molecule has 0 aromatic rings. The quantitative estimate of drug-likeness (QED) is 0.459. The highest BCUT2D eigenvalue weighted by Crippen LogP contribution is 2.70. The fourth-order valence-corrected chi connectivity index (χ4v) is 3.73. The topological polar surface area (TPSA) is 12.0 Å². The Morgan fingerprint density at radius 1 is 1.11 bits per heavy atom. The first-order chi connectivity index (χ1) is 8.39. The molecule has 1 saturated carbocycles. The van der Waals surface area contributed by atoms with Gasteiger partial charge in [-0.05, 0) is 42.6 Å². The van der Waals surface area contributed by atoms with E-state index in [4.69, 9.17) is 0 Å². The highest BCUT2D eigenvalue weighted by atomic mass is 15.0. The molecule has 0 aromatic heterocycles. The molecule has 1 heteroatoms. The first-order valence-corrected chi connectivity index (χ1v) is 7.73. The van der Waals surface area contributed by atoms with Gasteiger partial charge in [0.05, 0.1) is 0 Å². The predicted octanol–water partition coefficient (Wildman–Crippen LogP) is 4.78. The summed E-state index contributed by atoms with van der Waals surface area (Å²) in [6.45, 7) is 16.8. The van der Waals surface area contributed by atoms with E-state index in [2.05, 4.69) is 46.5 Å². The first kappa shape index (κ1) is 15.8. The van der Waals surface area contributed by atoms with Crippen molar-refractivity contribution in [2.45, 2.75) is 72.8 Å². The molecule has 0 aromatic carbocycles. The van der Waals surface area contributed by atoms with Gasteiger partial charge in [-0.25, -0.2) is 0 Å². The van der Waals surface area contributed by atoms with Gasteiger partial charge in [-0.3, -0.25) is 0 Å². The molecule has 1 aliphatic rings. The maximum Gasteiger partial charge on any atom is 0.0106 e. The third-order valence-electron chi connectivity index (χ3n) is 5.42. The number of hydrogen-bond acceptors (Lipinski definition) is 1. The molecule has 0 saturated heterocycles. The maximum absolute atomic E-state index is 3.79. The number of nitrogens with one attached hydrogen (secondary N) is 1. The summed E-state index contributed by atoms with van der Waals surface area (Å²) in [6, 6.07) is 0.712. The SMILES string of the molecule is C=CCCCCCC(NCC)C1C(C)(C)C1(C)C. The van der Waals surface area contributed by atoms with Crippen LogP contribution in [-0.4, -0.2) is 12.6 Å². The third-order valence-corrected chi connectivity index (χ3v) is 5.42. The molecule has 0 radical (unpaired) electrons. The van der Waals surface area contributed by atoms with Crippen molar-refractivity contribution in [3.63, 3.8) is 0 Å². The van der Waals surface area contributed by atoms with Gasteiger partial charge in [0, 0.05) is 6.04 Å². The summed E-state index contributed by atoms with van der Waals surface area (Å²) in [5.74, 6) is 0.837. The number of unbranched alkanes of at least 4 members (excludes halogenated alkanes) is 3. The Kier molecular flexibility index (Phi) is 5.46. The minimum Gasteiger partial charge on any atom is -0.314 e. The van der Waals surface area contributed by atoms with E-state index >= 15 is 0 Å². The van der Waals surface area contributed by atoms with Crippen LogP contribution in [0.25, 0.3) is 0 Å². The van der Waals surface area contributed by atoms with E-state index in [0.717, 1.165) is 12.5 Å². The number of hydrogen-bond donors (Lipinski definition) is 1. The van der Waals surface area contributed by atoms with Crippen LogP contribution in [0.5, 0.6) is 0 Å². The van der Waals surface area contributed by atoms with E-state index < -0.39 is 0 Å². The van der Waals surface area contributed by atoms with Crippen molar-refractivity contribution in [3.05, 3.63) is 12.7 Å². The Morgan fingerprint density at radius 2 is 1.72 bits per heavy atom. The summed E-state index contributed by atoms with van der Waals surface area (Å²) in [7, 11) is 0. The molecule has 1 nitrogen and oxygen atoms in total. The zero-order valence-electron chi connectivity index (χ0n) is 13.2. The normalized spacial score (nSPS) is 22.7. The maximum atomic E-state index is 3.79. The lowest BCUT2D eigenvalue weighted by molar-refractivity contribution is 0.371. The van der Waals surface area contributed by atoms with E-state index in [-0.39, 0.29) is 0 Å². The standard InChI is InChI=1S/C17H33N/c1-7-9-10-11-12-13-14(18-8-2)15-16(3,4)17(15,5)6/h7,14-15,18H,1,8-13H2,2-6H3. The molecular weight excluding hydrogens is 218 g/mol. The van der Waals surface area contributed by atoms with Gasteiger partial charge in [0.25, 0.3) is 0 Å². The van der Waals surface area contributed by atoms with Crippen LogP contribution in [0.2, 0.25) is 0 Å². The molecule has 1 fully saturated rings. The van der Waals surface area contributed by atoms with Crippen molar-refractivity contribution in [2.24, 2.45) is 16.7 Å². The molecule has 1 unspecified atom stereocenters. The lowest BCUT2D eigenvalue weighted by Crippen LogP contribution is -2.33. The van der Waals surface area contributed by atoms with Gasteiger partial charge in [-0.2, -0.15) is 0 Å². The van der Waals surface area contributed by atoms with Crippen LogP contribution in [0.15, 0.2) is 12.7 Å². The van der Waals surface area contributed by atoms with Gasteiger partial charge in [0.15, 0.2) is 0 Å². The first-order valence-electron chi connectivity index (χ1n) is 7.73. The summed E-state index contributed by atoms with van der Waals surface area (Å²) in [5, 5.41) is 3.73. The van der Waals surface area contributed by atoms with E-state index in [1.165, 1.54) is 32.1 Å². The summed E-state index contributed by atoms with van der Waals surface area (Å²) in [5.41, 5.74) is 1.00. The van der Waals surface area contributed by atoms with Crippen LogP contribution < -0.4 is 5.32 Å². The molecule has 0 spiro atoms. The highest BCUT2D eigenvalue weighted by Gasteiger charge is 2.66. The third kappa shape index (κ3) is 3.17. The summed E-state index contributed by atoms with van der Waals surface area (Å²) in [4.78, 5) is 0. The molecule has 1 N–H and O–H groups in total. The van der Waals surface area contributed by atoms with Crippen molar-refractivity contribution in [3.8, 4) is 0 Å². The molecule has 1 atom stereocenters. The Labute approximate surface area is 114 Å². The van der Waals surface area contributed by atoms with Gasteiger partial charge in [0.2, 0.25) is 0 Å². The lowest BCUT2D eigenvalue weighted by atomic mass is 9.98. The van der Waals surface area contributed by atoms with Crippen LogP contribution in [0.1, 0.15) is 66.7 Å². The summed E-state index contributed by atoms with van der Waals surface area (Å²) in [6.07, 6.45) is 8.55. The Bertz CT molecular complexity index is 251. The fourth-order valence-electron chi connectivity index (χ4n) is 3.73. The van der Waals surface area contributed by atoms with Gasteiger partial charge in [-0.15, -0.1) is 6.58 Å². The van der Waals surface area contributed by atoms with Gasteiger partial charge in [-0.1, -0.05) is 53.5 Å². The number of rotatable bonds is 9. The predicted molar refractivity (Wildman–Crippen MR) is 81.8 cm³/mol. The molecule has 0 bridgehead atoms. The minimum absolute atomic E-state index is 0.501. The smallest absolute Gasteiger partial charge is 0.0106 e. The average Bonchev–Trinajstić information content (AvgIpc) is 2.68. The molecule has 0 aliphatic heterocycles. The monoisotopic (exact) mass is 251 g/mol. The van der Waals surface area contributed by atoms with Crippen molar-refractivity contribution in [2.75, 3.05) is 6.54 Å². The molecular formula is C17H33N. The van der Waals surface area contributed by atoms with Crippen LogP contribution in [0.3, 0.4) is 0 Å². The Morgan fingerprint density at radius 3 is 2.17 bits per heavy atom. The lowest BCUT2D eigenvalue weighted by Gasteiger charge is -2.20. The van der Waals surface area contributed by atoms with Crippen molar-refractivity contribution < 1.29 is 0 Å². The van der Waals surface area contributed by atoms with Crippen LogP contribution in [0, 0.1) is 16.7 Å². The van der Waals surface area contributed by atoms with Crippen molar-refractivity contribution >= 4 is 0 Å². The Hall–Kier alpha value is -0.300. The Balaban J connectivity index is 2.40. The van der Waals surface area contributed by atoms with E-state index in [1.54, 1.807) is 0 Å². The average molecular weight is 251 g/mol. The molecule has 106 valence electrons. The van der Waals surface area contributed by atoms with Crippen molar-refractivity contribution in [1.82, 2.24) is 5.32 Å². The van der Waals surface area contributed by atoms with E-state index in [0.29, 0.717) is 16.9 Å². The van der Waals surface area contributed by atoms with Gasteiger partial charge in [0.1, 0.15) is 0 Å². The number of allylic oxidation sites excluding steroid dienone is 1. The molecule has 0 amide bonds. The van der Waals surface area contributed by atoms with Gasteiger partial charge >= 0.3 is 0 Å². The molecule has 18 heavy (non-hydrogen) atoms. The van der Waals surface area contributed by atoms with E-state index in [9.17, 15) is 0 Å². The molecule has 1 rings (SSSR count).